The van der Waals surface area contributed by atoms with Crippen molar-refractivity contribution in [3.8, 4) is 46.6 Å². The molecule has 0 unspecified atom stereocenters. The molecule has 0 saturated carbocycles. The van der Waals surface area contributed by atoms with Crippen molar-refractivity contribution in [2.75, 3.05) is 48.5 Å². The highest BCUT2D eigenvalue weighted by molar-refractivity contribution is 6.06. The van der Waals surface area contributed by atoms with Gasteiger partial charge in [0, 0.05) is 61.9 Å². The lowest BCUT2D eigenvalue weighted by molar-refractivity contribution is -0.138. The zero-order valence-corrected chi connectivity index (χ0v) is 34.6. The predicted molar refractivity (Wildman–Crippen MR) is 228 cm³/mol. The van der Waals surface area contributed by atoms with Crippen molar-refractivity contribution in [2.45, 2.75) is 24.0 Å². The third-order valence-corrected chi connectivity index (χ3v) is 10.4. The number of benzene rings is 4. The van der Waals surface area contributed by atoms with Gasteiger partial charge >= 0.3 is 5.97 Å². The minimum Gasteiger partial charge on any atom is -0.494 e. The van der Waals surface area contributed by atoms with Gasteiger partial charge in [-0.1, -0.05) is 60.1 Å². The maximum absolute atomic E-state index is 12.3. The first-order chi connectivity index (χ1) is 29.2. The summed E-state index contributed by atoms with van der Waals surface area (Å²) in [7, 11) is 7.65. The lowest BCUT2D eigenvalue weighted by atomic mass is 10.0. The van der Waals surface area contributed by atoms with Crippen LogP contribution in [-0.2, 0) is 14.3 Å². The van der Waals surface area contributed by atoms with E-state index in [1.165, 1.54) is 24.0 Å². The molecular weight excluding hydrogens is 797 g/mol. The minimum atomic E-state index is -1.68. The lowest BCUT2D eigenvalue weighted by Gasteiger charge is -2.13. The molecule has 0 radical (unpaired) electrons. The maximum atomic E-state index is 12.3. The number of carbonyl (C=O) groups excluding carboxylic acids is 4. The first-order valence-corrected chi connectivity index (χ1v) is 18.9. The van der Waals surface area contributed by atoms with Gasteiger partial charge < -0.3 is 46.1 Å². The number of likely N-dealkylation sites (tertiary alicyclic amines) is 2. The molecule has 3 amide bonds. The molecule has 0 aliphatic carbocycles. The van der Waals surface area contributed by atoms with Crippen LogP contribution in [0.5, 0.6) is 11.5 Å². The summed E-state index contributed by atoms with van der Waals surface area (Å²) in [5, 5.41) is 31.0. The summed E-state index contributed by atoms with van der Waals surface area (Å²) < 4.78 is 19.0. The van der Waals surface area contributed by atoms with Crippen LogP contribution in [-0.4, -0.2) is 123 Å². The van der Waals surface area contributed by atoms with Gasteiger partial charge in [-0.25, -0.2) is 14.2 Å². The molecule has 2 atom stereocenters. The van der Waals surface area contributed by atoms with Gasteiger partial charge in [-0.15, -0.1) is 0 Å². The van der Waals surface area contributed by atoms with Crippen LogP contribution >= 0.6 is 0 Å². The highest BCUT2D eigenvalue weighted by Crippen LogP contribution is 2.32. The van der Waals surface area contributed by atoms with Gasteiger partial charge in [-0.05, 0) is 48.5 Å². The molecule has 4 aromatic carbocycles. The van der Waals surface area contributed by atoms with Crippen molar-refractivity contribution in [3.63, 3.8) is 0 Å². The Morgan fingerprint density at radius 3 is 1.48 bits per heavy atom. The molecule has 8 rings (SSSR count). The third kappa shape index (κ3) is 8.11. The largest absolute Gasteiger partial charge is 0.494 e. The molecule has 6 aromatic rings. The minimum absolute atomic E-state index is 0. The van der Waals surface area contributed by atoms with Crippen molar-refractivity contribution in [2.24, 2.45) is 5.73 Å². The molecule has 62 heavy (non-hydrogen) atoms. The summed E-state index contributed by atoms with van der Waals surface area (Å²) >= 11 is 0. The van der Waals surface area contributed by atoms with E-state index in [-0.39, 0.29) is 30.4 Å². The molecule has 4 heterocycles. The first-order valence-electron chi connectivity index (χ1n) is 18.9. The van der Waals surface area contributed by atoms with Crippen LogP contribution in [0.15, 0.2) is 84.9 Å². The molecule has 318 valence electrons. The number of methoxy groups -OCH3 is 3. The SMILES string of the molecule is COC(=O)c1nn(-c2cccc(C#C[C@]3(O)CCN(C)C3=O)c2)c2c(OC)cccc12.COc1cccc2c(C(N)=O)nn(-c3cccc(C#C[C@]4(O)CCN(C)C4=O)c3)c12.N. The monoisotopic (exact) mass is 840 g/mol. The molecular formula is C45H44N8O9. The van der Waals surface area contributed by atoms with E-state index in [4.69, 9.17) is 19.9 Å². The van der Waals surface area contributed by atoms with Crippen molar-refractivity contribution in [3.05, 3.63) is 107 Å². The van der Waals surface area contributed by atoms with Gasteiger partial charge in [0.15, 0.2) is 11.4 Å². The van der Waals surface area contributed by atoms with Gasteiger partial charge in [0.25, 0.3) is 17.7 Å². The van der Waals surface area contributed by atoms with Crippen LogP contribution < -0.4 is 21.4 Å². The lowest BCUT2D eigenvalue weighted by Crippen LogP contribution is -2.37. The highest BCUT2D eigenvalue weighted by Gasteiger charge is 2.43. The fourth-order valence-electron chi connectivity index (χ4n) is 7.13. The Kier molecular flexibility index (Phi) is 12.4. The van der Waals surface area contributed by atoms with E-state index < -0.39 is 34.9 Å². The number of amides is 3. The summed E-state index contributed by atoms with van der Waals surface area (Å²) in [6, 6.07) is 24.8. The summed E-state index contributed by atoms with van der Waals surface area (Å²) in [6.45, 7) is 0.915. The molecule has 2 aliphatic rings. The molecule has 17 heteroatoms. The van der Waals surface area contributed by atoms with Gasteiger partial charge in [0.1, 0.15) is 22.5 Å². The maximum Gasteiger partial charge on any atom is 0.359 e. The van der Waals surface area contributed by atoms with Crippen LogP contribution in [0.4, 0.5) is 0 Å². The van der Waals surface area contributed by atoms with Gasteiger partial charge in [0.05, 0.1) is 32.7 Å². The van der Waals surface area contributed by atoms with Gasteiger partial charge in [-0.2, -0.15) is 10.2 Å². The number of aromatic nitrogens is 4. The fraction of sp³-hybridized carbons (Fsp3) is 0.244. The van der Waals surface area contributed by atoms with Crippen molar-refractivity contribution >= 4 is 45.5 Å². The number of hydrogen-bond acceptors (Lipinski definition) is 12. The Hall–Kier alpha value is -7.70. The summed E-state index contributed by atoms with van der Waals surface area (Å²) in [5.41, 5.74) is 6.12. The van der Waals surface area contributed by atoms with Crippen LogP contribution in [0.1, 0.15) is 44.9 Å². The smallest absolute Gasteiger partial charge is 0.359 e. The number of aliphatic hydroxyl groups is 2. The Labute approximate surface area is 356 Å². The van der Waals surface area contributed by atoms with Crippen LogP contribution in [0.25, 0.3) is 33.2 Å². The van der Waals surface area contributed by atoms with Crippen LogP contribution in [0, 0.1) is 23.7 Å². The molecule has 0 bridgehead atoms. The standard InChI is InChI=1S/C23H21N3O5.C22H20N4O4.H3N/c1-25-13-12-23(29,22(25)28)11-10-15-6-4-7-16(14-15)26-20-17(8-5-9-18(20)30-2)19(24-26)21(27)31-3;1-25-12-11-22(29,21(25)28)10-9-14-5-3-6-15(13-14)26-19-16(18(24-26)20(23)27)7-4-8-17(19)30-2;/h4-9,14,29H,12-13H2,1-3H3;3-8,13,29H,11-12H2,1-2H3,(H2,23,27);1H3/t23-;22-;/m00./s1. The molecule has 2 fully saturated rings. The zero-order valence-electron chi connectivity index (χ0n) is 34.6. The normalized spacial score (nSPS) is 17.9. The molecule has 2 aliphatic heterocycles. The van der Waals surface area contributed by atoms with Gasteiger partial charge in [0.2, 0.25) is 11.2 Å². The molecule has 0 spiro atoms. The Morgan fingerprint density at radius 1 is 0.677 bits per heavy atom. The van der Waals surface area contributed by atoms with E-state index >= 15 is 0 Å². The summed E-state index contributed by atoms with van der Waals surface area (Å²) in [5.74, 6) is 10.3. The van der Waals surface area contributed by atoms with E-state index in [0.29, 0.717) is 68.9 Å². The first kappa shape index (κ1) is 43.9. The van der Waals surface area contributed by atoms with Crippen molar-refractivity contribution in [1.29, 1.82) is 0 Å². The van der Waals surface area contributed by atoms with E-state index in [2.05, 4.69) is 33.9 Å². The number of nitrogens with zero attached hydrogens (tertiary/aromatic N) is 6. The van der Waals surface area contributed by atoms with E-state index in [9.17, 15) is 29.4 Å². The molecule has 2 saturated heterocycles. The Bertz CT molecular complexity index is 2880. The van der Waals surface area contributed by atoms with Crippen molar-refractivity contribution < 1.29 is 43.6 Å². The van der Waals surface area contributed by atoms with E-state index in [1.54, 1.807) is 109 Å². The quantitative estimate of drug-likeness (QED) is 0.140. The Balaban J connectivity index is 0.000000204. The highest BCUT2D eigenvalue weighted by atomic mass is 16.5. The molecule has 7 N–H and O–H groups in total. The number of primary amides is 1. The average molecular weight is 841 g/mol. The fourth-order valence-corrected chi connectivity index (χ4v) is 7.13. The topological polar surface area (TPSA) is 240 Å². The van der Waals surface area contributed by atoms with E-state index in [0.717, 1.165) is 0 Å². The van der Waals surface area contributed by atoms with Crippen LogP contribution in [0.2, 0.25) is 0 Å². The predicted octanol–water partition coefficient (Wildman–Crippen LogP) is 3.01. The van der Waals surface area contributed by atoms with Crippen LogP contribution in [0.3, 0.4) is 0 Å². The Morgan fingerprint density at radius 2 is 1.10 bits per heavy atom. The summed E-state index contributed by atoms with van der Waals surface area (Å²) in [4.78, 5) is 51.3. The third-order valence-electron chi connectivity index (χ3n) is 10.4. The van der Waals surface area contributed by atoms with E-state index in [1.807, 2.05) is 6.07 Å². The number of ether oxygens (including phenoxy) is 3. The number of para-hydroxylation sites is 2. The number of rotatable bonds is 6. The second-order valence-corrected chi connectivity index (χ2v) is 14.4. The number of nitrogens with two attached hydrogens (primary N) is 1. The van der Waals surface area contributed by atoms with Gasteiger partial charge in [-0.3, -0.25) is 14.4 Å². The number of hydrogen-bond donors (Lipinski definition) is 4. The average Bonchev–Trinajstić information content (AvgIpc) is 4.01. The number of likely N-dealkylation sites (N-methyl/N-ethyl adjacent to an activating group) is 2. The second-order valence-electron chi connectivity index (χ2n) is 14.4. The zero-order chi connectivity index (χ0) is 43.6. The number of fused-ring (bicyclic) bond motifs is 2. The number of esters is 1. The molecule has 2 aromatic heterocycles. The molecule has 17 nitrogen and oxygen atoms in total. The number of carbonyl (C=O) groups is 4. The summed E-state index contributed by atoms with van der Waals surface area (Å²) in [6.07, 6.45) is 0.524. The van der Waals surface area contributed by atoms with Crippen molar-refractivity contribution in [1.82, 2.24) is 35.5 Å². The second kappa shape index (κ2) is 17.5.